The summed E-state index contributed by atoms with van der Waals surface area (Å²) in [5.41, 5.74) is 4.02. The average molecular weight is 475 g/mol. The summed E-state index contributed by atoms with van der Waals surface area (Å²) in [6.45, 7) is 9.99. The predicted octanol–water partition coefficient (Wildman–Crippen LogP) is 2.42. The third-order valence-electron chi connectivity index (χ3n) is 6.34. The number of aryl methyl sites for hydroxylation is 4. The molecule has 0 spiro atoms. The van der Waals surface area contributed by atoms with Crippen LogP contribution >= 0.6 is 0 Å². The van der Waals surface area contributed by atoms with E-state index in [1.54, 1.807) is 4.52 Å². The molecule has 1 fully saturated rings. The first kappa shape index (κ1) is 23.1. The fourth-order valence-electron chi connectivity index (χ4n) is 4.38. The number of rotatable bonds is 7. The van der Waals surface area contributed by atoms with Crippen LogP contribution in [0.1, 0.15) is 35.1 Å². The Kier molecular flexibility index (Phi) is 6.54. The van der Waals surface area contributed by atoms with Crippen molar-refractivity contribution >= 4 is 11.7 Å². The molecule has 35 heavy (non-hydrogen) atoms. The van der Waals surface area contributed by atoms with Crippen molar-refractivity contribution in [3.05, 3.63) is 59.0 Å². The summed E-state index contributed by atoms with van der Waals surface area (Å²) in [7, 11) is 0. The molecule has 3 aromatic heterocycles. The number of piperazine rings is 1. The Morgan fingerprint density at radius 3 is 2.54 bits per heavy atom. The zero-order valence-electron chi connectivity index (χ0n) is 20.4. The zero-order chi connectivity index (χ0) is 24.4. The number of amides is 1. The topological polar surface area (TPSA) is 106 Å². The molecule has 0 radical (unpaired) electrons. The molecule has 4 heterocycles. The van der Waals surface area contributed by atoms with E-state index < -0.39 is 0 Å². The lowest BCUT2D eigenvalue weighted by Crippen LogP contribution is -2.49. The molecular formula is C25H30N8O2. The quantitative estimate of drug-likeness (QED) is 0.402. The zero-order valence-corrected chi connectivity index (χ0v) is 20.4. The average Bonchev–Trinajstić information content (AvgIpc) is 3.47. The van der Waals surface area contributed by atoms with Gasteiger partial charge in [-0.15, -0.1) is 5.10 Å². The van der Waals surface area contributed by atoms with Crippen molar-refractivity contribution in [1.29, 1.82) is 0 Å². The van der Waals surface area contributed by atoms with E-state index in [1.807, 2.05) is 49.1 Å². The van der Waals surface area contributed by atoms with Gasteiger partial charge in [0.05, 0.1) is 6.42 Å². The highest BCUT2D eigenvalue weighted by molar-refractivity contribution is 5.78. The van der Waals surface area contributed by atoms with Gasteiger partial charge in [-0.05, 0) is 39.8 Å². The first-order valence-corrected chi connectivity index (χ1v) is 12.0. The van der Waals surface area contributed by atoms with E-state index in [-0.39, 0.29) is 12.3 Å². The normalized spacial score (nSPS) is 14.7. The second-order valence-corrected chi connectivity index (χ2v) is 9.16. The fourth-order valence-corrected chi connectivity index (χ4v) is 4.38. The molecule has 5 rings (SSSR count). The van der Waals surface area contributed by atoms with Crippen LogP contribution in [-0.4, -0.2) is 78.2 Å². The van der Waals surface area contributed by atoms with Crippen molar-refractivity contribution in [3.8, 4) is 11.4 Å². The molecule has 10 nitrogen and oxygen atoms in total. The van der Waals surface area contributed by atoms with Gasteiger partial charge in [-0.25, -0.2) is 9.50 Å². The van der Waals surface area contributed by atoms with Gasteiger partial charge in [0.1, 0.15) is 0 Å². The van der Waals surface area contributed by atoms with E-state index in [2.05, 4.69) is 37.0 Å². The minimum atomic E-state index is 0.0597. The maximum atomic E-state index is 12.8. The van der Waals surface area contributed by atoms with Crippen LogP contribution in [0.4, 0.5) is 0 Å². The molecule has 0 atom stereocenters. The maximum Gasteiger partial charge on any atom is 0.252 e. The molecule has 1 amide bonds. The second kappa shape index (κ2) is 9.91. The van der Waals surface area contributed by atoms with E-state index in [9.17, 15) is 4.79 Å². The number of carbonyl (C=O) groups excluding carboxylic acids is 1. The molecule has 1 aromatic carbocycles. The summed E-state index contributed by atoms with van der Waals surface area (Å²) in [5.74, 6) is 2.41. The first-order valence-electron chi connectivity index (χ1n) is 12.0. The van der Waals surface area contributed by atoms with Gasteiger partial charge in [0.2, 0.25) is 17.6 Å². The van der Waals surface area contributed by atoms with Crippen molar-refractivity contribution in [3.63, 3.8) is 0 Å². The lowest BCUT2D eigenvalue weighted by Gasteiger charge is -2.34. The molecule has 0 unspecified atom stereocenters. The van der Waals surface area contributed by atoms with E-state index in [1.165, 1.54) is 5.56 Å². The summed E-state index contributed by atoms with van der Waals surface area (Å²) in [4.78, 5) is 30.5. The Balaban J connectivity index is 1.07. The molecule has 1 saturated heterocycles. The highest BCUT2D eigenvalue weighted by Crippen LogP contribution is 2.17. The predicted molar refractivity (Wildman–Crippen MR) is 130 cm³/mol. The Morgan fingerprint density at radius 2 is 1.77 bits per heavy atom. The number of carbonyl (C=O) groups is 1. The van der Waals surface area contributed by atoms with Crippen molar-refractivity contribution in [1.82, 2.24) is 39.5 Å². The summed E-state index contributed by atoms with van der Waals surface area (Å²) in [6, 6.07) is 10.1. The highest BCUT2D eigenvalue weighted by Gasteiger charge is 2.23. The van der Waals surface area contributed by atoms with Crippen molar-refractivity contribution in [2.24, 2.45) is 0 Å². The van der Waals surface area contributed by atoms with Crippen LogP contribution in [0.25, 0.3) is 17.2 Å². The number of fused-ring (bicyclic) bond motifs is 1. The molecule has 4 aromatic rings. The number of benzene rings is 1. The summed E-state index contributed by atoms with van der Waals surface area (Å²) >= 11 is 0. The number of nitrogens with zero attached hydrogens (tertiary/aromatic N) is 8. The maximum absolute atomic E-state index is 12.8. The minimum Gasteiger partial charge on any atom is -0.340 e. The highest BCUT2D eigenvalue weighted by atomic mass is 16.5. The fraction of sp³-hybridized carbons (Fsp3) is 0.440. The Bertz CT molecular complexity index is 1320. The molecule has 10 heteroatoms. The van der Waals surface area contributed by atoms with Gasteiger partial charge >= 0.3 is 0 Å². The minimum absolute atomic E-state index is 0.0597. The molecule has 0 N–H and O–H groups in total. The van der Waals surface area contributed by atoms with E-state index >= 15 is 0 Å². The van der Waals surface area contributed by atoms with Gasteiger partial charge in [-0.3, -0.25) is 9.69 Å². The Labute approximate surface area is 204 Å². The monoisotopic (exact) mass is 474 g/mol. The molecule has 0 aliphatic carbocycles. The molecule has 1 aliphatic rings. The van der Waals surface area contributed by atoms with E-state index in [0.29, 0.717) is 36.4 Å². The lowest BCUT2D eigenvalue weighted by atomic mass is 10.1. The van der Waals surface area contributed by atoms with Crippen LogP contribution in [0.15, 0.2) is 34.9 Å². The molecular weight excluding hydrogens is 444 g/mol. The van der Waals surface area contributed by atoms with Crippen molar-refractivity contribution < 1.29 is 9.32 Å². The van der Waals surface area contributed by atoms with Gasteiger partial charge < -0.3 is 9.42 Å². The summed E-state index contributed by atoms with van der Waals surface area (Å²) in [6.07, 6.45) is 1.87. The standard InChI is InChI=1S/C25H30N8O2/c1-17-6-8-20(9-7-17)24-28-22(35-30-24)5-4-10-31-11-13-32(14-12-31)23(34)16-21-27-25-26-18(2)15-19(3)33(25)29-21/h6-9,15H,4-5,10-14,16H2,1-3H3. The van der Waals surface area contributed by atoms with Gasteiger partial charge in [0, 0.05) is 49.6 Å². The third-order valence-corrected chi connectivity index (χ3v) is 6.34. The van der Waals surface area contributed by atoms with Crippen molar-refractivity contribution in [2.75, 3.05) is 32.7 Å². The van der Waals surface area contributed by atoms with Crippen LogP contribution in [0.3, 0.4) is 0 Å². The van der Waals surface area contributed by atoms with Crippen LogP contribution in [0.2, 0.25) is 0 Å². The van der Waals surface area contributed by atoms with Gasteiger partial charge in [-0.2, -0.15) is 9.97 Å². The van der Waals surface area contributed by atoms with E-state index in [4.69, 9.17) is 4.52 Å². The number of hydrogen-bond acceptors (Lipinski definition) is 8. The lowest BCUT2D eigenvalue weighted by molar-refractivity contribution is -0.132. The van der Waals surface area contributed by atoms with Crippen molar-refractivity contribution in [2.45, 2.75) is 40.0 Å². The third kappa shape index (κ3) is 5.37. The van der Waals surface area contributed by atoms with E-state index in [0.717, 1.165) is 49.4 Å². The Morgan fingerprint density at radius 1 is 1.00 bits per heavy atom. The SMILES string of the molecule is Cc1ccc(-c2noc(CCCN3CCN(C(=O)Cc4nc5nc(C)cc(C)n5n4)CC3)n2)cc1. The van der Waals surface area contributed by atoms with Gasteiger partial charge in [-0.1, -0.05) is 35.0 Å². The van der Waals surface area contributed by atoms with Crippen LogP contribution < -0.4 is 0 Å². The smallest absolute Gasteiger partial charge is 0.252 e. The van der Waals surface area contributed by atoms with Crippen LogP contribution in [-0.2, 0) is 17.6 Å². The van der Waals surface area contributed by atoms with Gasteiger partial charge in [0.15, 0.2) is 5.82 Å². The second-order valence-electron chi connectivity index (χ2n) is 9.16. The number of aromatic nitrogens is 6. The largest absolute Gasteiger partial charge is 0.340 e. The molecule has 0 saturated carbocycles. The van der Waals surface area contributed by atoms with Gasteiger partial charge in [0.25, 0.3) is 5.78 Å². The van der Waals surface area contributed by atoms with Crippen LogP contribution in [0, 0.1) is 20.8 Å². The molecule has 0 bridgehead atoms. The summed E-state index contributed by atoms with van der Waals surface area (Å²) in [5, 5.41) is 8.57. The Hall–Kier alpha value is -3.66. The molecule has 1 aliphatic heterocycles. The first-order chi connectivity index (χ1) is 16.9. The molecule has 182 valence electrons. The summed E-state index contributed by atoms with van der Waals surface area (Å²) < 4.78 is 7.12. The van der Waals surface area contributed by atoms with Crippen LogP contribution in [0.5, 0.6) is 0 Å². The number of hydrogen-bond donors (Lipinski definition) is 0.